The van der Waals surface area contributed by atoms with Gasteiger partial charge in [-0.05, 0) is 54.1 Å². The molecular weight excluding hydrogens is 449 g/mol. The fraction of sp³-hybridized carbons (Fsp3) is 0.100. The number of ether oxygens (including phenoxy) is 1. The summed E-state index contributed by atoms with van der Waals surface area (Å²) < 4.78 is 32.8. The molecule has 7 nitrogen and oxygen atoms in total. The quantitative estimate of drug-likeness (QED) is 0.525. The van der Waals surface area contributed by atoms with Gasteiger partial charge in [0.15, 0.2) is 6.61 Å². The van der Waals surface area contributed by atoms with Crippen molar-refractivity contribution in [3.63, 3.8) is 0 Å². The Morgan fingerprint density at radius 3 is 2.47 bits per heavy atom. The highest BCUT2D eigenvalue weighted by Gasteiger charge is 2.15. The van der Waals surface area contributed by atoms with Gasteiger partial charge in [0.2, 0.25) is 0 Å². The van der Waals surface area contributed by atoms with Crippen LogP contribution in [0.15, 0.2) is 71.9 Å². The Labute approximate surface area is 184 Å². The second kappa shape index (κ2) is 9.80. The topological polar surface area (TPSA) is 97.4 Å². The summed E-state index contributed by atoms with van der Waals surface area (Å²) in [6.07, 6.45) is 3.31. The number of carbonyl (C=O) groups is 1. The number of hydrogen-bond acceptors (Lipinski definition) is 5. The van der Waals surface area contributed by atoms with Crippen LogP contribution >= 0.6 is 23.2 Å². The first kappa shape index (κ1) is 21.9. The zero-order valence-electron chi connectivity index (χ0n) is 15.5. The van der Waals surface area contributed by atoms with Crippen LogP contribution in [0.3, 0.4) is 0 Å². The molecule has 3 rings (SSSR count). The molecule has 0 unspecified atom stereocenters. The van der Waals surface area contributed by atoms with Gasteiger partial charge >= 0.3 is 0 Å². The molecule has 0 aliphatic rings. The van der Waals surface area contributed by atoms with Crippen molar-refractivity contribution in [3.8, 4) is 5.75 Å². The van der Waals surface area contributed by atoms with Gasteiger partial charge in [-0.3, -0.25) is 14.5 Å². The summed E-state index contributed by atoms with van der Waals surface area (Å²) >= 11 is 11.7. The highest BCUT2D eigenvalue weighted by atomic mass is 35.5. The number of rotatable bonds is 8. The van der Waals surface area contributed by atoms with Gasteiger partial charge < -0.3 is 10.1 Å². The molecular formula is C20H17Cl2N3O4S. The van der Waals surface area contributed by atoms with E-state index in [-0.39, 0.29) is 28.1 Å². The summed E-state index contributed by atoms with van der Waals surface area (Å²) in [7, 11) is -3.82. The van der Waals surface area contributed by atoms with Crippen molar-refractivity contribution in [2.45, 2.75) is 11.4 Å². The molecule has 0 fully saturated rings. The first-order valence-electron chi connectivity index (χ1n) is 8.70. The van der Waals surface area contributed by atoms with Crippen LogP contribution in [0.5, 0.6) is 5.75 Å². The number of hydrogen-bond donors (Lipinski definition) is 2. The third-order valence-electron chi connectivity index (χ3n) is 3.89. The molecule has 30 heavy (non-hydrogen) atoms. The van der Waals surface area contributed by atoms with Crippen LogP contribution in [-0.2, 0) is 21.4 Å². The number of halogens is 2. The van der Waals surface area contributed by atoms with E-state index in [1.807, 2.05) is 6.07 Å². The fourth-order valence-corrected chi connectivity index (χ4v) is 3.74. The van der Waals surface area contributed by atoms with Crippen molar-refractivity contribution in [1.82, 2.24) is 10.3 Å². The van der Waals surface area contributed by atoms with Gasteiger partial charge in [-0.25, -0.2) is 8.42 Å². The Morgan fingerprint density at radius 2 is 1.80 bits per heavy atom. The van der Waals surface area contributed by atoms with Crippen LogP contribution in [0.4, 0.5) is 5.69 Å². The van der Waals surface area contributed by atoms with E-state index in [2.05, 4.69) is 15.0 Å². The summed E-state index contributed by atoms with van der Waals surface area (Å²) in [6, 6.07) is 13.7. The van der Waals surface area contributed by atoms with Gasteiger partial charge in [0.05, 0.1) is 20.6 Å². The molecule has 1 heterocycles. The molecule has 0 aliphatic carbocycles. The number of aromatic nitrogens is 1. The van der Waals surface area contributed by atoms with E-state index in [9.17, 15) is 13.2 Å². The first-order chi connectivity index (χ1) is 14.3. The summed E-state index contributed by atoms with van der Waals surface area (Å²) in [6.45, 7) is 0.140. The molecule has 3 aromatic rings. The maximum atomic E-state index is 12.5. The van der Waals surface area contributed by atoms with Gasteiger partial charge in [-0.2, -0.15) is 0 Å². The Bertz CT molecular complexity index is 1120. The highest BCUT2D eigenvalue weighted by molar-refractivity contribution is 7.92. The Morgan fingerprint density at radius 1 is 1.03 bits per heavy atom. The molecule has 0 saturated heterocycles. The minimum absolute atomic E-state index is 0.0296. The van der Waals surface area contributed by atoms with Crippen molar-refractivity contribution in [2.24, 2.45) is 0 Å². The maximum Gasteiger partial charge on any atom is 0.261 e. The molecule has 2 N–H and O–H groups in total. The summed E-state index contributed by atoms with van der Waals surface area (Å²) in [5, 5.41) is 3.27. The number of pyridine rings is 1. The minimum atomic E-state index is -3.82. The lowest BCUT2D eigenvalue weighted by Gasteiger charge is -2.10. The van der Waals surface area contributed by atoms with Crippen LogP contribution < -0.4 is 14.8 Å². The number of nitrogens with one attached hydrogen (secondary N) is 2. The largest absolute Gasteiger partial charge is 0.484 e. The van der Waals surface area contributed by atoms with E-state index in [0.717, 1.165) is 5.56 Å². The monoisotopic (exact) mass is 465 g/mol. The van der Waals surface area contributed by atoms with Crippen molar-refractivity contribution < 1.29 is 17.9 Å². The third kappa shape index (κ3) is 6.09. The number of carbonyl (C=O) groups excluding carboxylic acids is 1. The van der Waals surface area contributed by atoms with E-state index in [0.29, 0.717) is 17.3 Å². The summed E-state index contributed by atoms with van der Waals surface area (Å²) in [4.78, 5) is 15.9. The smallest absolute Gasteiger partial charge is 0.261 e. The standard InChI is InChI=1S/C20H17Cl2N3O4S/c21-18-8-3-15(10-19(18)22)25-30(27,28)17-6-4-16(5-7-17)29-13-20(26)24-12-14-2-1-9-23-11-14/h1-11,25H,12-13H2,(H,24,26). The van der Waals surface area contributed by atoms with Gasteiger partial charge in [0.1, 0.15) is 5.75 Å². The normalized spacial score (nSPS) is 11.0. The SMILES string of the molecule is O=C(COc1ccc(S(=O)(=O)Nc2ccc(Cl)c(Cl)c2)cc1)NCc1cccnc1. The number of amides is 1. The minimum Gasteiger partial charge on any atom is -0.484 e. The molecule has 0 saturated carbocycles. The molecule has 156 valence electrons. The van der Waals surface area contributed by atoms with E-state index in [1.54, 1.807) is 18.5 Å². The number of benzene rings is 2. The van der Waals surface area contributed by atoms with Gasteiger partial charge in [-0.1, -0.05) is 29.3 Å². The summed E-state index contributed by atoms with van der Waals surface area (Å²) in [5.74, 6) is 0.0526. The van der Waals surface area contributed by atoms with E-state index >= 15 is 0 Å². The van der Waals surface area contributed by atoms with Crippen molar-refractivity contribution in [2.75, 3.05) is 11.3 Å². The Hall–Kier alpha value is -2.81. The molecule has 1 amide bonds. The molecule has 0 bridgehead atoms. The Balaban J connectivity index is 1.54. The zero-order chi connectivity index (χ0) is 21.6. The van der Waals surface area contributed by atoms with Crippen molar-refractivity contribution in [3.05, 3.63) is 82.6 Å². The van der Waals surface area contributed by atoms with Crippen LogP contribution in [0, 0.1) is 0 Å². The fourth-order valence-electron chi connectivity index (χ4n) is 2.39. The highest BCUT2D eigenvalue weighted by Crippen LogP contribution is 2.26. The van der Waals surface area contributed by atoms with Crippen molar-refractivity contribution >= 4 is 44.8 Å². The summed E-state index contributed by atoms with van der Waals surface area (Å²) in [5.41, 5.74) is 1.16. The van der Waals surface area contributed by atoms with Crippen LogP contribution in [0.25, 0.3) is 0 Å². The van der Waals surface area contributed by atoms with Gasteiger partial charge in [-0.15, -0.1) is 0 Å². The predicted molar refractivity (Wildman–Crippen MR) is 115 cm³/mol. The van der Waals surface area contributed by atoms with E-state index in [4.69, 9.17) is 27.9 Å². The van der Waals surface area contributed by atoms with Crippen LogP contribution in [0.1, 0.15) is 5.56 Å². The second-order valence-electron chi connectivity index (χ2n) is 6.13. The lowest BCUT2D eigenvalue weighted by atomic mass is 10.3. The van der Waals surface area contributed by atoms with Gasteiger partial charge in [0.25, 0.3) is 15.9 Å². The van der Waals surface area contributed by atoms with Crippen LogP contribution in [0.2, 0.25) is 10.0 Å². The third-order valence-corrected chi connectivity index (χ3v) is 6.02. The number of anilines is 1. The van der Waals surface area contributed by atoms with Crippen LogP contribution in [-0.4, -0.2) is 25.9 Å². The molecule has 0 spiro atoms. The average Bonchev–Trinajstić information content (AvgIpc) is 2.74. The number of nitrogens with zero attached hydrogens (tertiary/aromatic N) is 1. The molecule has 0 aliphatic heterocycles. The maximum absolute atomic E-state index is 12.5. The van der Waals surface area contributed by atoms with E-state index < -0.39 is 10.0 Å². The predicted octanol–water partition coefficient (Wildman–Crippen LogP) is 3.88. The molecule has 0 atom stereocenters. The van der Waals surface area contributed by atoms with E-state index in [1.165, 1.54) is 42.5 Å². The molecule has 1 aromatic heterocycles. The average molecular weight is 466 g/mol. The first-order valence-corrected chi connectivity index (χ1v) is 10.9. The van der Waals surface area contributed by atoms with Gasteiger partial charge in [0, 0.05) is 18.9 Å². The Kier molecular flexibility index (Phi) is 7.15. The zero-order valence-corrected chi connectivity index (χ0v) is 17.8. The molecule has 2 aromatic carbocycles. The molecule has 10 heteroatoms. The second-order valence-corrected chi connectivity index (χ2v) is 8.63. The lowest BCUT2D eigenvalue weighted by Crippen LogP contribution is -2.28. The number of sulfonamides is 1. The van der Waals surface area contributed by atoms with Crippen molar-refractivity contribution in [1.29, 1.82) is 0 Å². The molecule has 0 radical (unpaired) electrons. The lowest BCUT2D eigenvalue weighted by molar-refractivity contribution is -0.123.